The largest absolute Gasteiger partial charge is 0.299 e. The minimum Gasteiger partial charge on any atom is -0.299 e. The molecule has 172 valence electrons. The molecule has 1 nitrogen and oxygen atoms in total. The lowest BCUT2D eigenvalue weighted by atomic mass is 9.35. The van der Waals surface area contributed by atoms with Gasteiger partial charge in [0.25, 0.3) is 0 Å². The van der Waals surface area contributed by atoms with Crippen LogP contribution < -0.4 is 0 Å². The summed E-state index contributed by atoms with van der Waals surface area (Å²) in [5.74, 6) is 3.50. The number of ketones is 1. The highest BCUT2D eigenvalue weighted by molar-refractivity contribution is 5.89. The zero-order valence-electron chi connectivity index (χ0n) is 21.5. The first-order chi connectivity index (χ1) is 14.3. The molecule has 31 heavy (non-hydrogen) atoms. The molecule has 8 atom stereocenters. The summed E-state index contributed by atoms with van der Waals surface area (Å²) < 4.78 is 0. The smallest absolute Gasteiger partial charge is 0.142 e. The first-order valence-corrected chi connectivity index (χ1v) is 13.3. The minimum atomic E-state index is -0.280. The number of allylic oxidation sites excluding steroid dienone is 4. The summed E-state index contributed by atoms with van der Waals surface area (Å²) in [6.07, 6.45) is 15.0. The van der Waals surface area contributed by atoms with Gasteiger partial charge in [-0.3, -0.25) is 4.79 Å². The van der Waals surface area contributed by atoms with Crippen LogP contribution in [0.25, 0.3) is 0 Å². The molecule has 0 aliphatic heterocycles. The molecule has 0 aromatic carbocycles. The second-order valence-corrected chi connectivity index (χ2v) is 14.0. The molecule has 3 saturated carbocycles. The molecule has 5 aliphatic carbocycles. The Labute approximate surface area is 191 Å². The zero-order valence-corrected chi connectivity index (χ0v) is 21.5. The van der Waals surface area contributed by atoms with E-state index in [1.165, 1.54) is 37.7 Å². The molecule has 0 aromatic rings. The Balaban J connectivity index is 1.62. The van der Waals surface area contributed by atoms with Crippen molar-refractivity contribution in [2.24, 2.45) is 50.7 Å². The molecule has 0 spiro atoms. The highest BCUT2D eigenvalue weighted by atomic mass is 16.1. The van der Waals surface area contributed by atoms with E-state index in [0.717, 1.165) is 37.0 Å². The molecule has 0 amide bonds. The summed E-state index contributed by atoms with van der Waals surface area (Å²) in [6.45, 7) is 19.9. The lowest BCUT2D eigenvalue weighted by molar-refractivity contribution is -0.136. The van der Waals surface area contributed by atoms with Crippen LogP contribution in [0.2, 0.25) is 0 Å². The summed E-state index contributed by atoms with van der Waals surface area (Å²) in [5.41, 5.74) is 4.29. The molecular weight excluding hydrogens is 376 g/mol. The van der Waals surface area contributed by atoms with E-state index in [1.54, 1.807) is 0 Å². The fourth-order valence-corrected chi connectivity index (χ4v) is 9.94. The van der Waals surface area contributed by atoms with Crippen LogP contribution in [0.3, 0.4) is 0 Å². The van der Waals surface area contributed by atoms with E-state index in [0.29, 0.717) is 27.9 Å². The van der Waals surface area contributed by atoms with Crippen molar-refractivity contribution in [2.75, 3.05) is 0 Å². The predicted molar refractivity (Wildman–Crippen MR) is 130 cm³/mol. The summed E-state index contributed by atoms with van der Waals surface area (Å²) in [4.78, 5) is 12.9. The van der Waals surface area contributed by atoms with E-state index in [9.17, 15) is 4.79 Å². The Kier molecular flexibility index (Phi) is 4.52. The molecule has 5 aliphatic rings. The van der Waals surface area contributed by atoms with Crippen LogP contribution in [0.15, 0.2) is 23.3 Å². The molecule has 0 N–H and O–H groups in total. The van der Waals surface area contributed by atoms with Gasteiger partial charge in [0.15, 0.2) is 0 Å². The quantitative estimate of drug-likeness (QED) is 0.360. The highest BCUT2D eigenvalue weighted by Gasteiger charge is 2.66. The number of fused-ring (bicyclic) bond motifs is 7. The van der Waals surface area contributed by atoms with Gasteiger partial charge in [-0.25, -0.2) is 0 Å². The van der Waals surface area contributed by atoms with Crippen LogP contribution in [-0.4, -0.2) is 5.78 Å². The van der Waals surface area contributed by atoms with Crippen molar-refractivity contribution in [1.29, 1.82) is 0 Å². The van der Waals surface area contributed by atoms with E-state index >= 15 is 0 Å². The van der Waals surface area contributed by atoms with Crippen LogP contribution in [0.5, 0.6) is 0 Å². The van der Waals surface area contributed by atoms with Gasteiger partial charge in [-0.05, 0) is 104 Å². The SMILES string of the molecule is C[C@H]1[C@H](C)CC[C@]2(C)CC[C@]3(C)C(=CC[C@@H]4[C@@]5(C)CCC(=O)C(C)(C)C5=CC[C@]43C)[C@@H]12. The molecule has 0 radical (unpaired) electrons. The van der Waals surface area contributed by atoms with Gasteiger partial charge in [-0.1, -0.05) is 64.8 Å². The number of hydrogen-bond donors (Lipinski definition) is 0. The minimum absolute atomic E-state index is 0.168. The first-order valence-electron chi connectivity index (χ1n) is 13.3. The number of Topliss-reactive ketones (excluding diaryl/α,β-unsaturated/α-hetero) is 1. The summed E-state index contributed by atoms with van der Waals surface area (Å²) in [6, 6.07) is 0. The lowest BCUT2D eigenvalue weighted by Crippen LogP contribution is -2.61. The Bertz CT molecular complexity index is 875. The number of rotatable bonds is 0. The van der Waals surface area contributed by atoms with Crippen molar-refractivity contribution in [1.82, 2.24) is 0 Å². The number of carbonyl (C=O) groups excluding carboxylic acids is 1. The molecule has 1 heteroatoms. The van der Waals surface area contributed by atoms with Gasteiger partial charge in [-0.2, -0.15) is 0 Å². The number of hydrogen-bond acceptors (Lipinski definition) is 1. The summed E-state index contributed by atoms with van der Waals surface area (Å²) in [5, 5.41) is 0. The fraction of sp³-hybridized carbons (Fsp3) is 0.833. The zero-order chi connectivity index (χ0) is 22.6. The average Bonchev–Trinajstić information content (AvgIpc) is 2.69. The molecule has 5 rings (SSSR count). The topological polar surface area (TPSA) is 17.1 Å². The second kappa shape index (κ2) is 6.38. The van der Waals surface area contributed by atoms with Crippen molar-refractivity contribution in [2.45, 2.75) is 107 Å². The Morgan fingerprint density at radius 2 is 1.61 bits per heavy atom. The van der Waals surface area contributed by atoms with Crippen molar-refractivity contribution < 1.29 is 4.79 Å². The van der Waals surface area contributed by atoms with Crippen molar-refractivity contribution >= 4 is 5.78 Å². The molecule has 0 unspecified atom stereocenters. The molecule has 0 saturated heterocycles. The molecular formula is C30H46O. The van der Waals surface area contributed by atoms with Crippen LogP contribution in [0, 0.1) is 50.7 Å². The number of carbonyl (C=O) groups is 1. The maximum atomic E-state index is 12.9. The van der Waals surface area contributed by atoms with Crippen molar-refractivity contribution in [3.8, 4) is 0 Å². The van der Waals surface area contributed by atoms with Crippen LogP contribution in [-0.2, 0) is 4.79 Å². The third-order valence-electron chi connectivity index (χ3n) is 12.5. The van der Waals surface area contributed by atoms with Crippen LogP contribution in [0.1, 0.15) is 107 Å². The molecule has 0 heterocycles. The van der Waals surface area contributed by atoms with E-state index in [1.807, 2.05) is 5.57 Å². The Morgan fingerprint density at radius 3 is 2.32 bits per heavy atom. The van der Waals surface area contributed by atoms with E-state index < -0.39 is 0 Å². The van der Waals surface area contributed by atoms with Crippen LogP contribution in [0.4, 0.5) is 0 Å². The standard InChI is InChI=1S/C30H46O/c1-19-11-14-27(5)17-18-29(7)21(25(27)20(19)2)9-10-23-28(6)15-13-24(31)26(3,4)22(28)12-16-30(23,29)8/h9,12,19-20,23,25H,10-11,13-18H2,1-8H3/t19-,20+,23-,25-,27-,28+,29-,30-/m1/s1. The van der Waals surface area contributed by atoms with Crippen molar-refractivity contribution in [3.05, 3.63) is 23.3 Å². The van der Waals surface area contributed by atoms with E-state index in [4.69, 9.17) is 0 Å². The van der Waals surface area contributed by atoms with Gasteiger partial charge in [0.1, 0.15) is 5.78 Å². The molecule has 0 bridgehead atoms. The Morgan fingerprint density at radius 1 is 0.903 bits per heavy atom. The third-order valence-corrected chi connectivity index (χ3v) is 12.5. The van der Waals surface area contributed by atoms with Gasteiger partial charge in [-0.15, -0.1) is 0 Å². The van der Waals surface area contributed by atoms with E-state index in [2.05, 4.69) is 67.5 Å². The lowest BCUT2D eigenvalue weighted by Gasteiger charge is -2.69. The van der Waals surface area contributed by atoms with Gasteiger partial charge < -0.3 is 0 Å². The average molecular weight is 423 g/mol. The van der Waals surface area contributed by atoms with E-state index in [-0.39, 0.29) is 10.8 Å². The highest BCUT2D eigenvalue weighted by Crippen LogP contribution is 2.74. The van der Waals surface area contributed by atoms with Gasteiger partial charge in [0.2, 0.25) is 0 Å². The normalized spacial score (nSPS) is 53.4. The first kappa shape index (κ1) is 22.0. The van der Waals surface area contributed by atoms with Gasteiger partial charge in [0.05, 0.1) is 0 Å². The molecule has 3 fully saturated rings. The Hall–Kier alpha value is -0.850. The predicted octanol–water partition coefficient (Wildman–Crippen LogP) is 8.15. The molecule has 0 aromatic heterocycles. The summed E-state index contributed by atoms with van der Waals surface area (Å²) in [7, 11) is 0. The van der Waals surface area contributed by atoms with Gasteiger partial charge >= 0.3 is 0 Å². The van der Waals surface area contributed by atoms with Gasteiger partial charge in [0, 0.05) is 11.8 Å². The monoisotopic (exact) mass is 422 g/mol. The maximum Gasteiger partial charge on any atom is 0.142 e. The fourth-order valence-electron chi connectivity index (χ4n) is 9.94. The maximum absolute atomic E-state index is 12.9. The van der Waals surface area contributed by atoms with Crippen LogP contribution >= 0.6 is 0 Å². The third kappa shape index (κ3) is 2.53. The summed E-state index contributed by atoms with van der Waals surface area (Å²) >= 11 is 0. The second-order valence-electron chi connectivity index (χ2n) is 14.0. The van der Waals surface area contributed by atoms with Crippen molar-refractivity contribution in [3.63, 3.8) is 0 Å².